The van der Waals surface area contributed by atoms with Crippen LogP contribution in [-0.2, 0) is 6.42 Å². The van der Waals surface area contributed by atoms with Crippen molar-refractivity contribution in [1.82, 2.24) is 0 Å². The van der Waals surface area contributed by atoms with E-state index < -0.39 is 0 Å². The maximum absolute atomic E-state index is 7.21. The summed E-state index contributed by atoms with van der Waals surface area (Å²) in [6.45, 7) is 11.8. The Morgan fingerprint density at radius 1 is 1.32 bits per heavy atom. The first kappa shape index (κ1) is 18.1. The Labute approximate surface area is 138 Å². The summed E-state index contributed by atoms with van der Waals surface area (Å²) in [6, 6.07) is 6.63. The molecule has 0 saturated heterocycles. The molecular weight excluding hydrogens is 286 g/mol. The zero-order chi connectivity index (χ0) is 16.5. The lowest BCUT2D eigenvalue weighted by Crippen LogP contribution is -1.84. The third kappa shape index (κ3) is 4.54. The smallest absolute Gasteiger partial charge is 0.0351 e. The molecule has 2 rings (SSSR count). The third-order valence-corrected chi connectivity index (χ3v) is 4.36. The van der Waals surface area contributed by atoms with Crippen LogP contribution in [0.1, 0.15) is 36.8 Å². The van der Waals surface area contributed by atoms with E-state index in [4.69, 9.17) is 5.41 Å². The minimum Gasteiger partial charge on any atom is -0.308 e. The van der Waals surface area contributed by atoms with Gasteiger partial charge in [0.15, 0.2) is 0 Å². The molecule has 0 unspecified atom stereocenters. The topological polar surface area (TPSA) is 23.9 Å². The molecule has 0 spiro atoms. The van der Waals surface area contributed by atoms with Gasteiger partial charge in [0, 0.05) is 21.2 Å². The summed E-state index contributed by atoms with van der Waals surface area (Å²) in [5.74, 6) is 0. The molecule has 116 valence electrons. The van der Waals surface area contributed by atoms with Crippen LogP contribution in [0.4, 0.5) is 0 Å². The highest BCUT2D eigenvalue weighted by molar-refractivity contribution is 7.19. The number of aryl methyl sites for hydroxylation is 1. The maximum atomic E-state index is 7.21. The lowest BCUT2D eigenvalue weighted by Gasteiger charge is -2.00. The van der Waals surface area contributed by atoms with Gasteiger partial charge in [-0.05, 0) is 49.1 Å². The Morgan fingerprint density at radius 3 is 2.68 bits per heavy atom. The molecule has 0 bridgehead atoms. The van der Waals surface area contributed by atoms with Gasteiger partial charge < -0.3 is 5.41 Å². The van der Waals surface area contributed by atoms with Gasteiger partial charge in [-0.2, -0.15) is 0 Å². The van der Waals surface area contributed by atoms with Gasteiger partial charge in [0.05, 0.1) is 0 Å². The highest BCUT2D eigenvalue weighted by Gasteiger charge is 2.06. The first-order valence-electron chi connectivity index (χ1n) is 7.64. The second-order valence-electron chi connectivity index (χ2n) is 4.79. The van der Waals surface area contributed by atoms with Crippen molar-refractivity contribution >= 4 is 33.7 Å². The molecule has 0 amide bonds. The van der Waals surface area contributed by atoms with Crippen molar-refractivity contribution in [1.29, 1.82) is 5.41 Å². The fourth-order valence-electron chi connectivity index (χ4n) is 2.12. The van der Waals surface area contributed by atoms with Crippen LogP contribution >= 0.6 is 11.3 Å². The molecule has 0 fully saturated rings. The normalized spacial score (nSPS) is 11.4. The number of hydrogen-bond acceptors (Lipinski definition) is 2. The molecule has 1 N–H and O–H groups in total. The summed E-state index contributed by atoms with van der Waals surface area (Å²) in [4.78, 5) is 1.33. The van der Waals surface area contributed by atoms with E-state index in [-0.39, 0.29) is 0 Å². The number of nitrogens with one attached hydrogen (secondary N) is 1. The zero-order valence-corrected chi connectivity index (χ0v) is 14.8. The van der Waals surface area contributed by atoms with E-state index in [2.05, 4.69) is 43.9 Å². The van der Waals surface area contributed by atoms with Gasteiger partial charge in [-0.1, -0.05) is 50.8 Å². The average molecular weight is 311 g/mol. The molecule has 1 aromatic carbocycles. The molecule has 1 nitrogen and oxygen atoms in total. The molecule has 0 aliphatic heterocycles. The minimum absolute atomic E-state index is 0.872. The molecule has 0 aliphatic carbocycles. The first-order chi connectivity index (χ1) is 10.7. The molecule has 0 aliphatic rings. The SMILES string of the molecule is C=C/C=C\c1c(C)sc2ccc(C/C=C(/C)C=N)cc12.CC. The van der Waals surface area contributed by atoms with E-state index in [0.29, 0.717) is 0 Å². The van der Waals surface area contributed by atoms with E-state index in [1.54, 1.807) is 0 Å². The Hall–Kier alpha value is -1.93. The van der Waals surface area contributed by atoms with Crippen LogP contribution < -0.4 is 0 Å². The van der Waals surface area contributed by atoms with Crippen LogP contribution in [0.25, 0.3) is 16.2 Å². The van der Waals surface area contributed by atoms with Crippen LogP contribution in [0.15, 0.2) is 48.6 Å². The van der Waals surface area contributed by atoms with Gasteiger partial charge in [0.2, 0.25) is 0 Å². The summed E-state index contributed by atoms with van der Waals surface area (Å²) in [5.41, 5.74) is 3.57. The summed E-state index contributed by atoms with van der Waals surface area (Å²) < 4.78 is 1.32. The first-order valence-corrected chi connectivity index (χ1v) is 8.45. The van der Waals surface area contributed by atoms with Gasteiger partial charge in [0.1, 0.15) is 0 Å². The van der Waals surface area contributed by atoms with Crippen molar-refractivity contribution < 1.29 is 0 Å². The van der Waals surface area contributed by atoms with Gasteiger partial charge in [-0.25, -0.2) is 0 Å². The van der Waals surface area contributed by atoms with Crippen molar-refractivity contribution in [2.24, 2.45) is 0 Å². The highest BCUT2D eigenvalue weighted by atomic mass is 32.1. The lowest BCUT2D eigenvalue weighted by atomic mass is 10.0. The molecule has 1 heterocycles. The Bertz CT molecular complexity index is 702. The summed E-state index contributed by atoms with van der Waals surface area (Å²) in [7, 11) is 0. The van der Waals surface area contributed by atoms with Gasteiger partial charge in [-0.3, -0.25) is 0 Å². The second kappa shape index (κ2) is 9.16. The number of hydrogen-bond donors (Lipinski definition) is 1. The molecule has 2 aromatic rings. The van der Waals surface area contributed by atoms with Gasteiger partial charge in [-0.15, -0.1) is 11.3 Å². The summed E-state index contributed by atoms with van der Waals surface area (Å²) >= 11 is 1.83. The van der Waals surface area contributed by atoms with Crippen LogP contribution in [0, 0.1) is 12.3 Å². The number of benzene rings is 1. The minimum atomic E-state index is 0.872. The van der Waals surface area contributed by atoms with Gasteiger partial charge >= 0.3 is 0 Å². The van der Waals surface area contributed by atoms with E-state index in [9.17, 15) is 0 Å². The fourth-order valence-corrected chi connectivity index (χ4v) is 3.16. The van der Waals surface area contributed by atoms with E-state index in [1.165, 1.54) is 32.3 Å². The summed E-state index contributed by atoms with van der Waals surface area (Å²) in [6.07, 6.45) is 10.3. The van der Waals surface area contributed by atoms with Crippen molar-refractivity contribution in [3.63, 3.8) is 0 Å². The Kier molecular flexibility index (Phi) is 7.55. The Morgan fingerprint density at radius 2 is 2.05 bits per heavy atom. The largest absolute Gasteiger partial charge is 0.308 e. The summed E-state index contributed by atoms with van der Waals surface area (Å²) in [5, 5.41) is 8.52. The average Bonchev–Trinajstić information content (AvgIpc) is 2.87. The molecule has 0 atom stereocenters. The molecule has 2 heteroatoms. The molecular formula is C20H25NS. The van der Waals surface area contributed by atoms with E-state index in [0.717, 1.165) is 12.0 Å². The quantitative estimate of drug-likeness (QED) is 0.477. The van der Waals surface area contributed by atoms with Crippen LogP contribution in [-0.4, -0.2) is 6.21 Å². The van der Waals surface area contributed by atoms with Crippen molar-refractivity contribution in [2.45, 2.75) is 34.1 Å². The number of allylic oxidation sites excluding steroid dienone is 4. The highest BCUT2D eigenvalue weighted by Crippen LogP contribution is 2.32. The monoisotopic (exact) mass is 311 g/mol. The van der Waals surface area contributed by atoms with Crippen molar-refractivity contribution in [3.05, 3.63) is 64.6 Å². The molecule has 1 aromatic heterocycles. The lowest BCUT2D eigenvalue weighted by molar-refractivity contribution is 1.26. The zero-order valence-electron chi connectivity index (χ0n) is 13.9. The second-order valence-corrected chi connectivity index (χ2v) is 6.05. The van der Waals surface area contributed by atoms with E-state index in [1.807, 2.05) is 44.3 Å². The van der Waals surface area contributed by atoms with Crippen LogP contribution in [0.2, 0.25) is 0 Å². The fraction of sp³-hybridized carbons (Fsp3) is 0.250. The number of thiophene rings is 1. The molecule has 0 saturated carbocycles. The van der Waals surface area contributed by atoms with Gasteiger partial charge in [0.25, 0.3) is 0 Å². The molecule has 22 heavy (non-hydrogen) atoms. The molecule has 0 radical (unpaired) electrons. The number of fused-ring (bicyclic) bond motifs is 1. The predicted molar refractivity (Wildman–Crippen MR) is 103 cm³/mol. The Balaban J connectivity index is 0.00000116. The van der Waals surface area contributed by atoms with E-state index >= 15 is 0 Å². The van der Waals surface area contributed by atoms with Crippen molar-refractivity contribution in [2.75, 3.05) is 0 Å². The predicted octanol–water partition coefficient (Wildman–Crippen LogP) is 6.57. The maximum Gasteiger partial charge on any atom is 0.0351 e. The number of rotatable bonds is 5. The van der Waals surface area contributed by atoms with Crippen LogP contribution in [0.5, 0.6) is 0 Å². The third-order valence-electron chi connectivity index (χ3n) is 3.26. The van der Waals surface area contributed by atoms with Crippen LogP contribution in [0.3, 0.4) is 0 Å². The van der Waals surface area contributed by atoms with Crippen molar-refractivity contribution in [3.8, 4) is 0 Å². The standard InChI is InChI=1S/C18H19NS.C2H6/c1-4-5-6-16-14(3)20-18-10-9-15(11-17(16)18)8-7-13(2)12-19;1-2/h4-7,9-12,19H,1,8H2,2-3H3;1-2H3/b6-5-,13-7-,19-12?;.